The van der Waals surface area contributed by atoms with Crippen molar-refractivity contribution in [3.05, 3.63) is 89.0 Å². The smallest absolute Gasteiger partial charge is 0.254 e. The molecule has 0 bridgehead atoms. The first-order valence-electron chi connectivity index (χ1n) is 11.0. The zero-order chi connectivity index (χ0) is 25.4. The number of aliphatic hydroxyl groups excluding tert-OH is 1. The first-order valence-corrected chi connectivity index (χ1v) is 11.0. The zero-order valence-corrected chi connectivity index (χ0v) is 20.4. The molecule has 1 atom stereocenters. The Bertz CT molecular complexity index is 1170. The number of halogens is 3. The first kappa shape index (κ1) is 28.7. The molecule has 7 nitrogen and oxygen atoms in total. The highest BCUT2D eigenvalue weighted by Gasteiger charge is 2.28. The monoisotopic (exact) mass is 519 g/mol. The molecule has 0 spiro atoms. The molecule has 3 aromatic carbocycles. The number of carbonyl (C=O) groups excluding carboxylic acids is 1. The number of carbonyl (C=O) groups is 1. The fourth-order valence-corrected chi connectivity index (χ4v) is 3.47. The summed E-state index contributed by atoms with van der Waals surface area (Å²) < 4.78 is 41.0. The third-order valence-electron chi connectivity index (χ3n) is 5.17. The molecule has 5 N–H and O–H groups in total. The van der Waals surface area contributed by atoms with Gasteiger partial charge >= 0.3 is 0 Å². The molecule has 1 amide bonds. The van der Waals surface area contributed by atoms with Crippen molar-refractivity contribution in [2.75, 3.05) is 19.8 Å². The van der Waals surface area contributed by atoms with E-state index in [0.717, 1.165) is 17.7 Å². The summed E-state index contributed by atoms with van der Waals surface area (Å²) in [5.74, 6) is -2.14. The molecule has 0 fully saturated rings. The van der Waals surface area contributed by atoms with Crippen LogP contribution in [0.4, 0.5) is 8.78 Å². The number of nitrogens with two attached hydrogens (primary N) is 1. The fourth-order valence-electron chi connectivity index (χ4n) is 3.47. The van der Waals surface area contributed by atoms with E-state index in [2.05, 4.69) is 5.32 Å². The Morgan fingerprint density at radius 3 is 2.33 bits per heavy atom. The minimum absolute atomic E-state index is 0. The summed E-state index contributed by atoms with van der Waals surface area (Å²) in [4.78, 5) is 12.8. The van der Waals surface area contributed by atoms with Gasteiger partial charge in [-0.2, -0.15) is 0 Å². The summed E-state index contributed by atoms with van der Waals surface area (Å²) in [5, 5.41) is 19.0. The van der Waals surface area contributed by atoms with Crippen molar-refractivity contribution in [1.82, 2.24) is 5.32 Å². The second-order valence-corrected chi connectivity index (χ2v) is 7.62. The van der Waals surface area contributed by atoms with Crippen LogP contribution in [0.25, 0.3) is 11.1 Å². The maximum absolute atomic E-state index is 15.1. The van der Waals surface area contributed by atoms with Gasteiger partial charge in [0.05, 0.1) is 12.2 Å². The standard InChI is InChI=1S/C26H27F2N3O4.ClH/c1-2-34-24(26(33)31-15-16-6-8-17(9-7-16)25(29)30)23-21(27)13-19(14-22(23)28)18-4-3-5-20(12-18)35-11-10-32;/h3-9,12-14,24,32H,2,10-11,15H2,1H3,(H3,29,30)(H,31,33);1H/t24-;/m0./s1. The normalized spacial score (nSPS) is 11.3. The predicted octanol–water partition coefficient (Wildman–Crippen LogP) is 4.10. The van der Waals surface area contributed by atoms with Gasteiger partial charge < -0.3 is 25.6 Å². The summed E-state index contributed by atoms with van der Waals surface area (Å²) in [6.07, 6.45) is -1.48. The van der Waals surface area contributed by atoms with Crippen molar-refractivity contribution in [2.24, 2.45) is 5.73 Å². The maximum atomic E-state index is 15.1. The van der Waals surface area contributed by atoms with Crippen molar-refractivity contribution in [2.45, 2.75) is 19.6 Å². The zero-order valence-electron chi connectivity index (χ0n) is 19.6. The van der Waals surface area contributed by atoms with Gasteiger partial charge in [0, 0.05) is 18.7 Å². The summed E-state index contributed by atoms with van der Waals surface area (Å²) in [6.45, 7) is 1.73. The molecule has 3 rings (SSSR count). The largest absolute Gasteiger partial charge is 0.491 e. The average molecular weight is 520 g/mol. The highest BCUT2D eigenvalue weighted by molar-refractivity contribution is 5.94. The van der Waals surface area contributed by atoms with Gasteiger partial charge in [-0.25, -0.2) is 8.78 Å². The molecule has 0 saturated carbocycles. The lowest BCUT2D eigenvalue weighted by Gasteiger charge is -2.19. The van der Waals surface area contributed by atoms with Crippen LogP contribution in [0.2, 0.25) is 0 Å². The Morgan fingerprint density at radius 1 is 1.08 bits per heavy atom. The Hall–Kier alpha value is -3.53. The summed E-state index contributed by atoms with van der Waals surface area (Å²) in [7, 11) is 0. The van der Waals surface area contributed by atoms with Crippen LogP contribution < -0.4 is 15.8 Å². The number of nitrogens with one attached hydrogen (secondary N) is 2. The van der Waals surface area contributed by atoms with Crippen LogP contribution in [0, 0.1) is 17.0 Å². The van der Waals surface area contributed by atoms with Crippen molar-refractivity contribution < 1.29 is 28.2 Å². The Morgan fingerprint density at radius 2 is 1.75 bits per heavy atom. The van der Waals surface area contributed by atoms with E-state index < -0.39 is 29.2 Å². The summed E-state index contributed by atoms with van der Waals surface area (Å²) >= 11 is 0. The van der Waals surface area contributed by atoms with Gasteiger partial charge in [0.15, 0.2) is 6.10 Å². The lowest BCUT2D eigenvalue weighted by molar-refractivity contribution is -0.133. The van der Waals surface area contributed by atoms with Crippen LogP contribution in [0.3, 0.4) is 0 Å². The van der Waals surface area contributed by atoms with E-state index in [1.165, 1.54) is 0 Å². The number of amidine groups is 1. The number of amides is 1. The van der Waals surface area contributed by atoms with Crippen LogP contribution >= 0.6 is 12.4 Å². The minimum atomic E-state index is -1.48. The van der Waals surface area contributed by atoms with Crippen LogP contribution in [0.15, 0.2) is 60.7 Å². The summed E-state index contributed by atoms with van der Waals surface area (Å²) in [5.41, 5.74) is 7.00. The topological polar surface area (TPSA) is 118 Å². The van der Waals surface area contributed by atoms with Gasteiger partial charge in [-0.15, -0.1) is 12.4 Å². The van der Waals surface area contributed by atoms with Gasteiger partial charge in [0.1, 0.15) is 29.8 Å². The minimum Gasteiger partial charge on any atom is -0.491 e. The third-order valence-corrected chi connectivity index (χ3v) is 5.17. The second-order valence-electron chi connectivity index (χ2n) is 7.62. The van der Waals surface area contributed by atoms with Crippen LogP contribution in [0.1, 0.15) is 29.7 Å². The van der Waals surface area contributed by atoms with Crippen LogP contribution in [-0.2, 0) is 16.1 Å². The van der Waals surface area contributed by atoms with Crippen molar-refractivity contribution in [3.8, 4) is 16.9 Å². The number of hydrogen-bond donors (Lipinski definition) is 4. The van der Waals surface area contributed by atoms with Crippen LogP contribution in [0.5, 0.6) is 5.75 Å². The molecular formula is C26H28ClF2N3O4. The van der Waals surface area contributed by atoms with E-state index in [0.29, 0.717) is 16.9 Å². The molecule has 0 aliphatic heterocycles. The molecule has 10 heteroatoms. The van der Waals surface area contributed by atoms with Crippen molar-refractivity contribution in [3.63, 3.8) is 0 Å². The van der Waals surface area contributed by atoms with E-state index in [-0.39, 0.29) is 50.2 Å². The molecule has 0 saturated heterocycles. The average Bonchev–Trinajstić information content (AvgIpc) is 2.85. The van der Waals surface area contributed by atoms with E-state index in [1.807, 2.05) is 0 Å². The van der Waals surface area contributed by atoms with E-state index in [9.17, 15) is 4.79 Å². The van der Waals surface area contributed by atoms with Crippen molar-refractivity contribution in [1.29, 1.82) is 5.41 Å². The summed E-state index contributed by atoms with van der Waals surface area (Å²) in [6, 6.07) is 15.6. The number of ether oxygens (including phenoxy) is 2. The van der Waals surface area contributed by atoms with Crippen molar-refractivity contribution >= 4 is 24.1 Å². The SMILES string of the molecule is CCO[C@H](C(=O)NCc1ccc(C(=N)N)cc1)c1c(F)cc(-c2cccc(OCCO)c2)cc1F.Cl. The Balaban J connectivity index is 0.00000456. The lowest BCUT2D eigenvalue weighted by atomic mass is 9.99. The molecule has 0 unspecified atom stereocenters. The molecule has 0 radical (unpaired) electrons. The number of aliphatic hydroxyl groups is 1. The number of nitrogen functional groups attached to an aromatic ring is 1. The van der Waals surface area contributed by atoms with Gasteiger partial charge in [-0.05, 0) is 47.9 Å². The van der Waals surface area contributed by atoms with Gasteiger partial charge in [0.2, 0.25) is 0 Å². The molecule has 3 aromatic rings. The molecular weight excluding hydrogens is 492 g/mol. The van der Waals surface area contributed by atoms with E-state index in [4.69, 9.17) is 25.7 Å². The van der Waals surface area contributed by atoms with Gasteiger partial charge in [0.25, 0.3) is 5.91 Å². The third kappa shape index (κ3) is 7.24. The molecule has 192 valence electrons. The molecule has 0 heterocycles. The van der Waals surface area contributed by atoms with Gasteiger partial charge in [-0.3, -0.25) is 10.2 Å². The molecule has 36 heavy (non-hydrogen) atoms. The molecule has 0 aliphatic rings. The Labute approximate surface area is 214 Å². The maximum Gasteiger partial charge on any atom is 0.254 e. The predicted molar refractivity (Wildman–Crippen MR) is 135 cm³/mol. The second kappa shape index (κ2) is 13.5. The Kier molecular flexibility index (Phi) is 10.8. The lowest BCUT2D eigenvalue weighted by Crippen LogP contribution is -2.31. The number of hydrogen-bond acceptors (Lipinski definition) is 5. The molecule has 0 aromatic heterocycles. The van der Waals surface area contributed by atoms with E-state index in [1.54, 1.807) is 55.5 Å². The van der Waals surface area contributed by atoms with Gasteiger partial charge in [-0.1, -0.05) is 36.4 Å². The van der Waals surface area contributed by atoms with E-state index >= 15 is 8.78 Å². The first-order chi connectivity index (χ1) is 16.8. The number of benzene rings is 3. The fraction of sp³-hybridized carbons (Fsp3) is 0.231. The number of rotatable bonds is 11. The highest BCUT2D eigenvalue weighted by atomic mass is 35.5. The van der Waals surface area contributed by atoms with Crippen LogP contribution in [-0.4, -0.2) is 36.7 Å². The highest BCUT2D eigenvalue weighted by Crippen LogP contribution is 2.31. The quantitative estimate of drug-likeness (QED) is 0.225. The molecule has 0 aliphatic carbocycles.